The van der Waals surface area contributed by atoms with Crippen molar-refractivity contribution in [1.82, 2.24) is 19.9 Å². The number of carbonyl (C=O) groups excluding carboxylic acids is 3. The second kappa shape index (κ2) is 47.6. The number of fused-ring (bicyclic) bond motifs is 4. The Kier molecular flexibility index (Phi) is 37.1. The van der Waals surface area contributed by atoms with Gasteiger partial charge in [0.15, 0.2) is 45.3 Å². The number of nitrogens with two attached hydrogens (primary N) is 2. The molecule has 0 spiro atoms. The van der Waals surface area contributed by atoms with Crippen LogP contribution in [0.4, 0.5) is 51.3 Å². The molecule has 16 rings (SSSR count). The molecule has 0 unspecified atom stereocenters. The van der Waals surface area contributed by atoms with Crippen molar-refractivity contribution < 1.29 is 107 Å². The van der Waals surface area contributed by atoms with Crippen LogP contribution in [0.25, 0.3) is 40.9 Å². The number of thiazole rings is 4. The Morgan fingerprint density at radius 2 is 0.651 bits per heavy atom. The summed E-state index contributed by atoms with van der Waals surface area (Å²) in [6.45, 7) is 0. The van der Waals surface area contributed by atoms with Gasteiger partial charge in [-0.1, -0.05) is 81.7 Å². The molecule has 0 aliphatic carbocycles. The third-order valence-corrected chi connectivity index (χ3v) is 23.2. The molecule has 16 aromatic rings. The summed E-state index contributed by atoms with van der Waals surface area (Å²) in [4.78, 5) is 86.5. The Morgan fingerprint density at radius 3 is 0.929 bits per heavy atom. The molecular weight excluding hydrogens is 1900 g/mol. The number of hydrogen-bond donors (Lipinski definition) is 7. The van der Waals surface area contributed by atoms with Crippen LogP contribution in [-0.4, -0.2) is 117 Å². The minimum Gasteiger partial charge on any atom is -0.741 e. The summed E-state index contributed by atoms with van der Waals surface area (Å²) in [6.07, 6.45) is 0. The fraction of sp³-hybridized carbons (Fsp3) is 0.0575. The highest BCUT2D eigenvalue weighted by Gasteiger charge is 2.37. The van der Waals surface area contributed by atoms with Gasteiger partial charge in [0.05, 0.1) is 96.9 Å². The molecule has 9 N–H and O–H groups in total. The van der Waals surface area contributed by atoms with Gasteiger partial charge >= 0.3 is 23.4 Å². The number of rotatable bonds is 15. The topological polar surface area (TPSA) is 385 Å². The first kappa shape index (κ1) is 98.2. The maximum atomic E-state index is 12.8. The number of nitrogens with one attached hydrogen (secondary N) is 2. The maximum absolute atomic E-state index is 12.8. The van der Waals surface area contributed by atoms with Gasteiger partial charge in [0.1, 0.15) is 46.3 Å². The summed E-state index contributed by atoms with van der Waals surface area (Å²) in [5.74, 6) is -1.85. The standard InChI is InChI=1S/C19H14O2S.2C15H11FN2O2S.2C8H8N2OS.C7H4ClFO.C7H5FO2.C7H5IO2.CHF3O3S/c20-19(21)15-11-13-18(14-12-15)22(16-7-3-1-4-8-16)17-9-5-2-6-10-17;2*1-20-11-6-7-12-13(8-11)21-15(17-12)18-14(19)9-2-4-10(16)5-3-9;2*1-11-5-2-3-6-7(4-5)12-8(9)10-6;8-7(10)5-1-3-6(9)4-2-5;2*8-6-3-1-5(2-4-6)7(9)10;2-1(3,4)8(5,6)7/h1-14H;2*2-8H,1H3,(H,17,18,19);2*2-4H,1H3,(H2,9,10);1-4H;2*1-4H,(H,9,10);(H,5,6,7). The van der Waals surface area contributed by atoms with Crippen LogP contribution in [0.2, 0.25) is 0 Å². The number of amides is 2. The van der Waals surface area contributed by atoms with Crippen LogP contribution in [0.15, 0.2) is 294 Å². The summed E-state index contributed by atoms with van der Waals surface area (Å²) in [6, 6.07) is 77.3. The third kappa shape index (κ3) is 30.9. The first-order valence-electron chi connectivity index (χ1n) is 35.6. The largest absolute Gasteiger partial charge is 0.741 e. The molecule has 4 aromatic heterocycles. The van der Waals surface area contributed by atoms with Gasteiger partial charge in [0.25, 0.3) is 17.1 Å². The van der Waals surface area contributed by atoms with Crippen molar-refractivity contribution in [3.63, 3.8) is 0 Å². The SMILES string of the molecule is COc1ccc2nc(N)sc2c1.COc1ccc2nc(N)sc2c1.COc1ccc2nc(NC(=O)c3ccc(F)cc3)sc2c1.COc1ccc2nc(NC(=O)c3ccc(F)cc3)sc2c1.O=C(Cl)c1ccc(F)cc1.O=C(O)c1ccc(F)cc1.O=C(O)c1ccc(I)cc1.O=C(O)c1ccc([S+](c2ccccc2)c2ccccc2)cc1.O=S(=O)([O-])C(F)(F)F. The molecule has 0 saturated carbocycles. The Bertz CT molecular complexity index is 6070. The van der Waals surface area contributed by atoms with Gasteiger partial charge in [-0.05, 0) is 277 Å². The number of aromatic carboxylic acids is 3. The van der Waals surface area contributed by atoms with Crippen molar-refractivity contribution in [3.05, 3.63) is 339 Å². The molecule has 24 nitrogen and oxygen atoms in total. The minimum absolute atomic E-state index is 0.0985. The van der Waals surface area contributed by atoms with Gasteiger partial charge in [-0.15, -0.1) is 0 Å². The lowest BCUT2D eigenvalue weighted by Crippen LogP contribution is -2.21. The number of anilines is 4. The van der Waals surface area contributed by atoms with E-state index in [1.165, 1.54) is 140 Å². The van der Waals surface area contributed by atoms with Crippen molar-refractivity contribution >= 4 is 197 Å². The van der Waals surface area contributed by atoms with Crippen LogP contribution in [0, 0.1) is 26.8 Å². The fourth-order valence-corrected chi connectivity index (χ4v) is 15.7. The Labute approximate surface area is 750 Å². The number of halogens is 9. The highest BCUT2D eigenvalue weighted by molar-refractivity contribution is 14.1. The molecule has 0 bridgehead atoms. The molecule has 12 aromatic carbocycles. The normalized spacial score (nSPS) is 10.5. The van der Waals surface area contributed by atoms with E-state index in [-0.39, 0.29) is 45.7 Å². The van der Waals surface area contributed by atoms with E-state index in [0.717, 1.165) is 84.5 Å². The smallest absolute Gasteiger partial charge is 0.485 e. The number of carboxylic acid groups (broad SMARTS) is 3. The second-order valence-electron chi connectivity index (χ2n) is 24.5. The molecule has 0 radical (unpaired) electrons. The Morgan fingerprint density at radius 1 is 0.397 bits per heavy atom. The van der Waals surface area contributed by atoms with E-state index in [0.29, 0.717) is 48.3 Å². The summed E-state index contributed by atoms with van der Waals surface area (Å²) in [7, 11) is 0.163. The molecule has 0 aliphatic heterocycles. The number of carbonyl (C=O) groups is 6. The number of methoxy groups -OCH3 is 4. The lowest BCUT2D eigenvalue weighted by atomic mass is 10.2. The number of carboxylic acids is 3. The highest BCUT2D eigenvalue weighted by Crippen LogP contribution is 2.35. The van der Waals surface area contributed by atoms with E-state index in [4.69, 9.17) is 70.3 Å². The van der Waals surface area contributed by atoms with Gasteiger partial charge in [-0.3, -0.25) is 25.0 Å². The van der Waals surface area contributed by atoms with E-state index in [9.17, 15) is 59.5 Å². The van der Waals surface area contributed by atoms with Gasteiger partial charge in [-0.25, -0.2) is 60.3 Å². The Balaban J connectivity index is 0.000000180. The summed E-state index contributed by atoms with van der Waals surface area (Å²) < 4.78 is 134. The fourth-order valence-electron chi connectivity index (χ4n) is 9.83. The van der Waals surface area contributed by atoms with E-state index in [2.05, 4.69) is 77.4 Å². The molecule has 126 heavy (non-hydrogen) atoms. The van der Waals surface area contributed by atoms with Gasteiger partial charge in [0, 0.05) is 20.3 Å². The monoisotopic (exact) mass is 1970 g/mol. The molecular formula is C87H67ClF7IN8O16S6. The molecule has 2 amide bonds. The lowest BCUT2D eigenvalue weighted by Gasteiger charge is -2.08. The quantitative estimate of drug-likeness (QED) is 0.0125. The van der Waals surface area contributed by atoms with Crippen LogP contribution < -0.4 is 41.0 Å². The molecule has 0 aliphatic rings. The van der Waals surface area contributed by atoms with E-state index < -0.39 is 44.6 Å². The van der Waals surface area contributed by atoms with Crippen LogP contribution in [-0.2, 0) is 21.0 Å². The van der Waals surface area contributed by atoms with Crippen molar-refractivity contribution in [1.29, 1.82) is 0 Å². The molecule has 0 atom stereocenters. The highest BCUT2D eigenvalue weighted by atomic mass is 127. The summed E-state index contributed by atoms with van der Waals surface area (Å²) >= 11 is 12.9. The van der Waals surface area contributed by atoms with Crippen LogP contribution in [0.3, 0.4) is 0 Å². The van der Waals surface area contributed by atoms with Gasteiger partial charge in [0.2, 0.25) is 0 Å². The Hall–Kier alpha value is -13.2. The molecule has 0 fully saturated rings. The number of nitrogen functional groups attached to an aromatic ring is 2. The number of benzene rings is 12. The third-order valence-electron chi connectivity index (χ3n) is 15.9. The molecule has 650 valence electrons. The zero-order valence-corrected chi connectivity index (χ0v) is 73.3. The van der Waals surface area contributed by atoms with Crippen LogP contribution in [0.1, 0.15) is 62.1 Å². The number of aromatic nitrogens is 4. The van der Waals surface area contributed by atoms with Crippen molar-refractivity contribution in [2.24, 2.45) is 0 Å². The van der Waals surface area contributed by atoms with Gasteiger partial charge in [-0.2, -0.15) is 13.2 Å². The minimum atomic E-state index is -6.09. The molecule has 39 heteroatoms. The average Bonchev–Trinajstić information content (AvgIpc) is 1.30. The van der Waals surface area contributed by atoms with E-state index >= 15 is 0 Å². The van der Waals surface area contributed by atoms with Crippen molar-refractivity contribution in [2.75, 3.05) is 50.5 Å². The number of nitrogens with zero attached hydrogens (tertiary/aromatic N) is 4. The predicted octanol–water partition coefficient (Wildman–Crippen LogP) is 21.4. The zero-order valence-electron chi connectivity index (χ0n) is 65.5. The number of ether oxygens (including phenoxy) is 4. The van der Waals surface area contributed by atoms with Crippen LogP contribution in [0.5, 0.6) is 23.0 Å². The average molecular weight is 1970 g/mol. The van der Waals surface area contributed by atoms with Crippen LogP contribution >= 0.6 is 79.5 Å². The second-order valence-corrected chi connectivity index (χ2v) is 33.6. The first-order valence-corrected chi connectivity index (χ1v) is 42.9. The van der Waals surface area contributed by atoms with E-state index in [1.807, 2.05) is 121 Å². The van der Waals surface area contributed by atoms with E-state index in [1.54, 1.807) is 64.8 Å². The maximum Gasteiger partial charge on any atom is 0.485 e. The summed E-state index contributed by atoms with van der Waals surface area (Å²) in [5, 5.41) is 32.9. The lowest BCUT2D eigenvalue weighted by molar-refractivity contribution is -0.0518. The summed E-state index contributed by atoms with van der Waals surface area (Å²) in [5.41, 5.74) is 10.7. The molecule has 0 saturated heterocycles. The van der Waals surface area contributed by atoms with Crippen molar-refractivity contribution in [2.45, 2.75) is 20.2 Å². The van der Waals surface area contributed by atoms with Crippen molar-refractivity contribution in [3.8, 4) is 23.0 Å². The number of hydrogen-bond acceptors (Lipinski definition) is 23. The zero-order chi connectivity index (χ0) is 91.8. The first-order chi connectivity index (χ1) is 60.0. The van der Waals surface area contributed by atoms with Gasteiger partial charge < -0.3 is 50.3 Å². The molecule has 4 heterocycles. The number of alkyl halides is 3. The predicted molar refractivity (Wildman–Crippen MR) is 482 cm³/mol.